The van der Waals surface area contributed by atoms with E-state index in [9.17, 15) is 0 Å². The van der Waals surface area contributed by atoms with Crippen molar-refractivity contribution in [2.24, 2.45) is 0 Å². The fourth-order valence-corrected chi connectivity index (χ4v) is 4.79. The van der Waals surface area contributed by atoms with Gasteiger partial charge in [0.1, 0.15) is 0 Å². The van der Waals surface area contributed by atoms with Crippen LogP contribution in [0.25, 0.3) is 0 Å². The van der Waals surface area contributed by atoms with Gasteiger partial charge in [-0.05, 0) is 32.1 Å². The van der Waals surface area contributed by atoms with E-state index in [-0.39, 0.29) is 1.43 Å². The van der Waals surface area contributed by atoms with Crippen LogP contribution in [0.1, 0.15) is 158 Å². The number of hydrogen-bond acceptors (Lipinski definition) is 4. The second-order valence-corrected chi connectivity index (χ2v) is 11.1. The van der Waals surface area contributed by atoms with Gasteiger partial charge in [0.2, 0.25) is 0 Å². The number of nitrogens with zero attached hydrogens (tertiary/aromatic N) is 1. The molecule has 0 aromatic heterocycles. The topological polar surface area (TPSA) is 80.3 Å². The van der Waals surface area contributed by atoms with Gasteiger partial charge in [0.15, 0.2) is 0 Å². The Bertz CT molecular complexity index is 473. The molecule has 0 fully saturated rings. The maximum Gasteiger partial charge on any atom is 1.00 e. The van der Waals surface area contributed by atoms with Crippen LogP contribution < -0.4 is 0 Å². The molecule has 0 bridgehead atoms. The summed E-state index contributed by atoms with van der Waals surface area (Å²) >= 11 is 0. The van der Waals surface area contributed by atoms with Gasteiger partial charge in [-0.1, -0.05) is 124 Å². The largest absolute Gasteiger partial charge is 1.00 e. The predicted octanol–water partition coefficient (Wildman–Crippen LogP) is 8.46. The SMILES string of the molecule is CCCCCCCCCCCCCCCC[N+](CCCC)(CCCC)CCCC.O=S(=O)([O-])[O-].[H+]. The van der Waals surface area contributed by atoms with Gasteiger partial charge in [0.05, 0.1) is 26.2 Å². The van der Waals surface area contributed by atoms with Crippen molar-refractivity contribution in [1.82, 2.24) is 0 Å². The first-order valence-electron chi connectivity index (χ1n) is 14.8. The van der Waals surface area contributed by atoms with Crippen molar-refractivity contribution in [2.75, 3.05) is 26.2 Å². The summed E-state index contributed by atoms with van der Waals surface area (Å²) < 4.78 is 35.5. The van der Waals surface area contributed by atoms with Crippen molar-refractivity contribution < 1.29 is 23.4 Å². The van der Waals surface area contributed by atoms with Gasteiger partial charge in [0.25, 0.3) is 0 Å². The van der Waals surface area contributed by atoms with Crippen LogP contribution in [-0.2, 0) is 10.4 Å². The summed E-state index contributed by atoms with van der Waals surface area (Å²) in [6.07, 6.45) is 28.9. The van der Waals surface area contributed by atoms with Crippen LogP contribution in [0.2, 0.25) is 0 Å². The van der Waals surface area contributed by atoms with Crippen LogP contribution >= 0.6 is 0 Å². The Hall–Kier alpha value is -0.170. The molecule has 0 rings (SSSR count). The summed E-state index contributed by atoms with van der Waals surface area (Å²) in [6.45, 7) is 15.2. The van der Waals surface area contributed by atoms with Crippen molar-refractivity contribution >= 4 is 10.4 Å². The Balaban J connectivity index is -0.00000154. The van der Waals surface area contributed by atoms with Gasteiger partial charge in [-0.3, -0.25) is 8.42 Å². The molecule has 0 aliphatic heterocycles. The molecule has 0 unspecified atom stereocenters. The van der Waals surface area contributed by atoms with Gasteiger partial charge in [-0.25, -0.2) is 0 Å². The second kappa shape index (κ2) is 25.9. The second-order valence-electron chi connectivity index (χ2n) is 10.3. The van der Waals surface area contributed by atoms with E-state index in [2.05, 4.69) is 27.7 Å². The zero-order valence-corrected chi connectivity index (χ0v) is 24.3. The van der Waals surface area contributed by atoms with Crippen LogP contribution in [0.4, 0.5) is 0 Å². The lowest BCUT2D eigenvalue weighted by Crippen LogP contribution is -2.50. The Kier molecular flexibility index (Phi) is 27.4. The van der Waals surface area contributed by atoms with Crippen molar-refractivity contribution in [3.05, 3.63) is 0 Å². The summed E-state index contributed by atoms with van der Waals surface area (Å²) in [5, 5.41) is 0. The summed E-state index contributed by atoms with van der Waals surface area (Å²) in [5.41, 5.74) is 0. The van der Waals surface area contributed by atoms with E-state index in [1.165, 1.54) is 159 Å². The lowest BCUT2D eigenvalue weighted by molar-refractivity contribution is -0.929. The molecule has 0 radical (unpaired) electrons. The fraction of sp³-hybridized carbons (Fsp3) is 1.00. The molecule has 34 heavy (non-hydrogen) atoms. The molecule has 0 saturated carbocycles. The fourth-order valence-electron chi connectivity index (χ4n) is 4.79. The molecule has 0 heterocycles. The highest BCUT2D eigenvalue weighted by Crippen LogP contribution is 2.18. The van der Waals surface area contributed by atoms with Crippen molar-refractivity contribution in [3.63, 3.8) is 0 Å². The van der Waals surface area contributed by atoms with E-state index in [4.69, 9.17) is 17.5 Å². The summed E-state index contributed by atoms with van der Waals surface area (Å²) in [7, 11) is -5.17. The highest BCUT2D eigenvalue weighted by Gasteiger charge is 2.24. The Labute approximate surface area is 216 Å². The third-order valence-corrected chi connectivity index (χ3v) is 6.94. The minimum absolute atomic E-state index is 0. The Morgan fingerprint density at radius 2 is 0.647 bits per heavy atom. The Morgan fingerprint density at radius 3 is 0.912 bits per heavy atom. The third-order valence-electron chi connectivity index (χ3n) is 6.94. The molecule has 0 amide bonds. The highest BCUT2D eigenvalue weighted by molar-refractivity contribution is 7.79. The maximum absolute atomic E-state index is 8.52. The normalized spacial score (nSPS) is 11.9. The average molecular weight is 508 g/mol. The third kappa shape index (κ3) is 29.9. The van der Waals surface area contributed by atoms with E-state index >= 15 is 0 Å². The molecule has 0 N–H and O–H groups in total. The molecule has 5 nitrogen and oxygen atoms in total. The molecule has 0 aromatic rings. The van der Waals surface area contributed by atoms with Crippen molar-refractivity contribution in [3.8, 4) is 0 Å². The first-order chi connectivity index (χ1) is 16.2. The van der Waals surface area contributed by atoms with Crippen LogP contribution in [0, 0.1) is 0 Å². The maximum atomic E-state index is 8.52. The molecule has 6 heteroatoms. The number of unbranched alkanes of at least 4 members (excludes halogenated alkanes) is 16. The number of quaternary nitrogens is 1. The summed E-state index contributed by atoms with van der Waals surface area (Å²) in [6, 6.07) is 0. The minimum Gasteiger partial charge on any atom is -0.759 e. The minimum atomic E-state index is -5.17. The molecule has 0 saturated heterocycles. The van der Waals surface area contributed by atoms with Gasteiger partial charge in [-0.15, -0.1) is 0 Å². The predicted molar refractivity (Wildman–Crippen MR) is 146 cm³/mol. The van der Waals surface area contributed by atoms with E-state index in [1.54, 1.807) is 0 Å². The van der Waals surface area contributed by atoms with E-state index in [0.717, 1.165) is 0 Å². The molecule has 208 valence electrons. The zero-order valence-electron chi connectivity index (χ0n) is 24.5. The molecule has 0 atom stereocenters. The quantitative estimate of drug-likeness (QED) is 0.0568. The van der Waals surface area contributed by atoms with Gasteiger partial charge in [-0.2, -0.15) is 0 Å². The van der Waals surface area contributed by atoms with Crippen LogP contribution in [-0.4, -0.2) is 48.2 Å². The summed E-state index contributed by atoms with van der Waals surface area (Å²) in [4.78, 5) is 0. The smallest absolute Gasteiger partial charge is 0.759 e. The standard InChI is InChI=1S/C28H60N.H2O4S/c1-5-9-13-14-15-16-17-18-19-20-21-22-23-24-28-29(25-10-6-2,26-11-7-3)27-12-8-4;1-5(2,3)4/h5-28H2,1-4H3;(H2,1,2,3,4)/q+1;/p-1. The molecular formula is C28H61NO4S. The molecule has 0 aromatic carbocycles. The molecule has 0 aliphatic rings. The van der Waals surface area contributed by atoms with E-state index in [0.29, 0.717) is 0 Å². The number of rotatable bonds is 24. The first kappa shape index (κ1) is 36.0. The van der Waals surface area contributed by atoms with Crippen molar-refractivity contribution in [1.29, 1.82) is 0 Å². The van der Waals surface area contributed by atoms with E-state index in [1.807, 2.05) is 0 Å². The van der Waals surface area contributed by atoms with E-state index < -0.39 is 10.4 Å². The first-order valence-corrected chi connectivity index (χ1v) is 16.1. The molecule has 0 spiro atoms. The van der Waals surface area contributed by atoms with Gasteiger partial charge < -0.3 is 13.6 Å². The molecular weight excluding hydrogens is 446 g/mol. The highest BCUT2D eigenvalue weighted by atomic mass is 32.3. The van der Waals surface area contributed by atoms with Gasteiger partial charge in [0, 0.05) is 10.4 Å². The van der Waals surface area contributed by atoms with Crippen molar-refractivity contribution in [2.45, 2.75) is 156 Å². The number of hydrogen-bond donors (Lipinski definition) is 0. The Morgan fingerprint density at radius 1 is 0.441 bits per heavy atom. The van der Waals surface area contributed by atoms with Crippen LogP contribution in [0.15, 0.2) is 0 Å². The lowest BCUT2D eigenvalue weighted by Gasteiger charge is -2.39. The molecule has 0 aliphatic carbocycles. The zero-order chi connectivity index (χ0) is 26.0. The summed E-state index contributed by atoms with van der Waals surface area (Å²) in [5.74, 6) is 0. The lowest BCUT2D eigenvalue weighted by atomic mass is 10.0. The van der Waals surface area contributed by atoms with Crippen LogP contribution in [0.5, 0.6) is 0 Å². The monoisotopic (exact) mass is 507 g/mol. The van der Waals surface area contributed by atoms with Gasteiger partial charge >= 0.3 is 1.43 Å². The average Bonchev–Trinajstić information content (AvgIpc) is 2.78. The van der Waals surface area contributed by atoms with Crippen LogP contribution in [0.3, 0.4) is 0 Å².